The van der Waals surface area contributed by atoms with Gasteiger partial charge in [0.25, 0.3) is 0 Å². The average Bonchev–Trinajstić information content (AvgIpc) is 2.84. The largest absolute Gasteiger partial charge is 0.383 e. The van der Waals surface area contributed by atoms with Gasteiger partial charge in [0.15, 0.2) is 0 Å². The number of fused-ring (bicyclic) bond motifs is 3. The number of benzene rings is 2. The van der Waals surface area contributed by atoms with Crippen LogP contribution in [0.15, 0.2) is 42.5 Å². The number of hydrogen-bond acceptors (Lipinski definition) is 2. The fourth-order valence-corrected chi connectivity index (χ4v) is 2.77. The van der Waals surface area contributed by atoms with Crippen LogP contribution in [0.2, 0.25) is 0 Å². The van der Waals surface area contributed by atoms with Gasteiger partial charge < -0.3 is 10.1 Å². The Hall–Kier alpha value is -1.80. The van der Waals surface area contributed by atoms with Crippen molar-refractivity contribution in [3.63, 3.8) is 0 Å². The third-order valence-corrected chi connectivity index (χ3v) is 3.72. The molecule has 20 heavy (non-hydrogen) atoms. The Balaban J connectivity index is 1.65. The number of hydrogen-bond donors (Lipinski definition) is 1. The van der Waals surface area contributed by atoms with Gasteiger partial charge in [-0.2, -0.15) is 0 Å². The van der Waals surface area contributed by atoms with Crippen molar-refractivity contribution >= 4 is 5.69 Å². The van der Waals surface area contributed by atoms with Gasteiger partial charge in [0.2, 0.25) is 0 Å². The lowest BCUT2D eigenvalue weighted by atomic mass is 10.1. The zero-order chi connectivity index (χ0) is 13.8. The first-order chi connectivity index (χ1) is 9.88. The van der Waals surface area contributed by atoms with E-state index in [-0.39, 0.29) is 0 Å². The summed E-state index contributed by atoms with van der Waals surface area (Å²) in [6, 6.07) is 15.3. The lowest BCUT2D eigenvalue weighted by molar-refractivity contribution is 0.144. The van der Waals surface area contributed by atoms with Gasteiger partial charge in [-0.25, -0.2) is 0 Å². The molecule has 0 heterocycles. The van der Waals surface area contributed by atoms with E-state index in [4.69, 9.17) is 4.74 Å². The molecule has 0 saturated carbocycles. The first kappa shape index (κ1) is 13.2. The molecule has 0 amide bonds. The van der Waals surface area contributed by atoms with Crippen LogP contribution >= 0.6 is 0 Å². The second-order valence-corrected chi connectivity index (χ2v) is 5.24. The highest BCUT2D eigenvalue weighted by Crippen LogP contribution is 2.37. The number of nitrogens with one attached hydrogen (secondary N) is 1. The lowest BCUT2D eigenvalue weighted by Gasteiger charge is -2.09. The minimum atomic E-state index is 0.769. The first-order valence-electron chi connectivity index (χ1n) is 7.41. The molecule has 2 aromatic rings. The van der Waals surface area contributed by atoms with Crippen LogP contribution in [0, 0.1) is 0 Å². The van der Waals surface area contributed by atoms with Gasteiger partial charge in [0.1, 0.15) is 0 Å². The van der Waals surface area contributed by atoms with Crippen molar-refractivity contribution in [2.75, 3.05) is 25.1 Å². The van der Waals surface area contributed by atoms with E-state index >= 15 is 0 Å². The van der Waals surface area contributed by atoms with Crippen molar-refractivity contribution in [2.45, 2.75) is 19.8 Å². The maximum absolute atomic E-state index is 5.49. The summed E-state index contributed by atoms with van der Waals surface area (Å²) in [5.74, 6) is 0. The molecule has 1 aliphatic carbocycles. The van der Waals surface area contributed by atoms with Crippen LogP contribution < -0.4 is 5.32 Å². The Bertz CT molecular complexity index is 592. The second-order valence-electron chi connectivity index (χ2n) is 5.24. The molecule has 1 N–H and O–H groups in total. The summed E-state index contributed by atoms with van der Waals surface area (Å²) in [6.07, 6.45) is 2.13. The molecule has 2 aromatic carbocycles. The van der Waals surface area contributed by atoms with Crippen LogP contribution in [0.25, 0.3) is 11.1 Å². The minimum absolute atomic E-state index is 0.769. The Morgan fingerprint density at radius 1 is 1.00 bits per heavy atom. The second kappa shape index (κ2) is 6.10. The van der Waals surface area contributed by atoms with Gasteiger partial charge >= 0.3 is 0 Å². The van der Waals surface area contributed by atoms with Gasteiger partial charge in [-0.3, -0.25) is 0 Å². The molecule has 2 nitrogen and oxygen atoms in total. The summed E-state index contributed by atoms with van der Waals surface area (Å²) in [4.78, 5) is 0. The van der Waals surface area contributed by atoms with E-state index in [1.807, 2.05) is 0 Å². The molecule has 1 aliphatic rings. The number of ether oxygens (including phenoxy) is 1. The average molecular weight is 267 g/mol. The molecule has 2 heteroatoms. The van der Waals surface area contributed by atoms with E-state index in [1.54, 1.807) is 0 Å². The van der Waals surface area contributed by atoms with Crippen molar-refractivity contribution in [2.24, 2.45) is 0 Å². The number of rotatable bonds is 6. The topological polar surface area (TPSA) is 21.3 Å². The quantitative estimate of drug-likeness (QED) is 0.679. The predicted octanol–water partition coefficient (Wildman–Crippen LogP) is 4.10. The van der Waals surface area contributed by atoms with Crippen molar-refractivity contribution < 1.29 is 4.74 Å². The van der Waals surface area contributed by atoms with Crippen LogP contribution in [0.3, 0.4) is 0 Å². The smallest absolute Gasteiger partial charge is 0.0639 e. The molecule has 0 unspecified atom stereocenters. The molecule has 0 aromatic heterocycles. The van der Waals surface area contributed by atoms with E-state index < -0.39 is 0 Å². The highest BCUT2D eigenvalue weighted by molar-refractivity contribution is 5.78. The first-order valence-corrected chi connectivity index (χ1v) is 7.41. The molecule has 0 bridgehead atoms. The molecule has 3 rings (SSSR count). The summed E-state index contributed by atoms with van der Waals surface area (Å²) in [7, 11) is 0. The summed E-state index contributed by atoms with van der Waals surface area (Å²) in [5.41, 5.74) is 6.82. The predicted molar refractivity (Wildman–Crippen MR) is 84.3 cm³/mol. The third-order valence-electron chi connectivity index (χ3n) is 3.72. The monoisotopic (exact) mass is 267 g/mol. The van der Waals surface area contributed by atoms with E-state index in [0.717, 1.165) is 32.6 Å². The van der Waals surface area contributed by atoms with E-state index in [1.165, 1.54) is 27.9 Å². The zero-order valence-corrected chi connectivity index (χ0v) is 12.0. The van der Waals surface area contributed by atoms with E-state index in [9.17, 15) is 0 Å². The minimum Gasteiger partial charge on any atom is -0.383 e. The maximum Gasteiger partial charge on any atom is 0.0639 e. The van der Waals surface area contributed by atoms with Crippen LogP contribution in [0.5, 0.6) is 0 Å². The summed E-state index contributed by atoms with van der Waals surface area (Å²) in [6.45, 7) is 4.61. The summed E-state index contributed by atoms with van der Waals surface area (Å²) < 4.78 is 5.49. The van der Waals surface area contributed by atoms with Crippen LogP contribution in [-0.4, -0.2) is 19.8 Å². The molecular formula is C18H21NO. The molecule has 0 saturated heterocycles. The summed E-state index contributed by atoms with van der Waals surface area (Å²) >= 11 is 0. The SMILES string of the molecule is CCCOCCNc1ccc2c(c1)Cc1ccccc1-2. The molecular weight excluding hydrogens is 246 g/mol. The van der Waals surface area contributed by atoms with Gasteiger partial charge in [-0.1, -0.05) is 37.3 Å². The fraction of sp³-hybridized carbons (Fsp3) is 0.333. The van der Waals surface area contributed by atoms with Crippen molar-refractivity contribution in [1.29, 1.82) is 0 Å². The van der Waals surface area contributed by atoms with Gasteiger partial charge in [0.05, 0.1) is 6.61 Å². The molecule has 0 radical (unpaired) electrons. The Morgan fingerprint density at radius 2 is 1.85 bits per heavy atom. The van der Waals surface area contributed by atoms with Crippen molar-refractivity contribution in [1.82, 2.24) is 0 Å². The fourth-order valence-electron chi connectivity index (χ4n) is 2.77. The highest BCUT2D eigenvalue weighted by atomic mass is 16.5. The van der Waals surface area contributed by atoms with E-state index in [0.29, 0.717) is 0 Å². The maximum atomic E-state index is 5.49. The standard InChI is InChI=1S/C18H21NO/c1-2-10-20-11-9-19-16-7-8-18-15(13-16)12-14-5-3-4-6-17(14)18/h3-8,13,19H,2,9-12H2,1H3. The molecule has 0 spiro atoms. The zero-order valence-electron chi connectivity index (χ0n) is 12.0. The van der Waals surface area contributed by atoms with Gasteiger partial charge in [-0.15, -0.1) is 0 Å². The number of anilines is 1. The van der Waals surface area contributed by atoms with Crippen LogP contribution in [-0.2, 0) is 11.2 Å². The lowest BCUT2D eigenvalue weighted by Crippen LogP contribution is -2.09. The van der Waals surface area contributed by atoms with Crippen LogP contribution in [0.4, 0.5) is 5.69 Å². The molecule has 104 valence electrons. The molecule has 0 atom stereocenters. The molecule has 0 fully saturated rings. The van der Waals surface area contributed by atoms with E-state index in [2.05, 4.69) is 54.7 Å². The highest BCUT2D eigenvalue weighted by Gasteiger charge is 2.17. The van der Waals surface area contributed by atoms with Crippen LogP contribution in [0.1, 0.15) is 24.5 Å². The van der Waals surface area contributed by atoms with Gasteiger partial charge in [-0.05, 0) is 47.2 Å². The Morgan fingerprint density at radius 3 is 2.75 bits per heavy atom. The summed E-state index contributed by atoms with van der Waals surface area (Å²) in [5, 5.41) is 3.44. The third kappa shape index (κ3) is 2.70. The van der Waals surface area contributed by atoms with Crippen molar-refractivity contribution in [3.8, 4) is 11.1 Å². The van der Waals surface area contributed by atoms with Gasteiger partial charge in [0, 0.05) is 18.8 Å². The Kier molecular flexibility index (Phi) is 4.03. The molecule has 0 aliphatic heterocycles. The normalized spacial score (nSPS) is 12.1. The Labute approximate surface area is 120 Å². The van der Waals surface area contributed by atoms with Crippen molar-refractivity contribution in [3.05, 3.63) is 53.6 Å².